The van der Waals surface area contributed by atoms with E-state index in [4.69, 9.17) is 14.2 Å². The van der Waals surface area contributed by atoms with Crippen molar-refractivity contribution in [1.29, 1.82) is 0 Å². The average molecular weight is 950 g/mol. The van der Waals surface area contributed by atoms with Crippen molar-refractivity contribution in [1.82, 2.24) is 4.90 Å². The summed E-state index contributed by atoms with van der Waals surface area (Å²) in [5.74, 6) is 0.238. The highest BCUT2D eigenvalue weighted by molar-refractivity contribution is 5.78. The Morgan fingerprint density at radius 2 is 0.710 bits per heavy atom. The van der Waals surface area contributed by atoms with Crippen molar-refractivity contribution in [3.8, 4) is 23.0 Å². The molecular formula is C63H99NO5. The Labute approximate surface area is 423 Å². The highest BCUT2D eigenvalue weighted by Gasteiger charge is 2.26. The van der Waals surface area contributed by atoms with E-state index >= 15 is 0 Å². The van der Waals surface area contributed by atoms with Crippen LogP contribution < -0.4 is 14.2 Å². The third-order valence-electron chi connectivity index (χ3n) is 12.8. The number of hydrogen-bond acceptors (Lipinski definition) is 6. The summed E-state index contributed by atoms with van der Waals surface area (Å²) in [5, 5.41) is 10.9. The molecule has 1 N–H and O–H groups in total. The number of allylic oxidation sites excluding steroid dienone is 20. The lowest BCUT2D eigenvalue weighted by Crippen LogP contribution is -2.26. The molecule has 0 aliphatic carbocycles. The van der Waals surface area contributed by atoms with Gasteiger partial charge in [0.2, 0.25) is 11.5 Å². The number of ether oxygens (including phenoxy) is 3. The van der Waals surface area contributed by atoms with E-state index in [9.17, 15) is 9.90 Å². The number of phenols is 1. The van der Waals surface area contributed by atoms with Crippen LogP contribution in [-0.4, -0.2) is 50.8 Å². The molecule has 1 aromatic carbocycles. The van der Waals surface area contributed by atoms with Crippen molar-refractivity contribution in [2.24, 2.45) is 0 Å². The molecule has 0 saturated carbocycles. The second kappa shape index (κ2) is 36.4. The predicted molar refractivity (Wildman–Crippen MR) is 300 cm³/mol. The fourth-order valence-electron chi connectivity index (χ4n) is 8.12. The summed E-state index contributed by atoms with van der Waals surface area (Å²) in [6.07, 6.45) is 44.4. The SMILES string of the molecule is COc1c(O)c(C)c(C/C=C(\C)CC/C=C(\C)CC/C=C(\C)CC/C=C(\C)CC/C=C(\C)CC/C=C(\C)CC/C=C(\C)CC/C=C(\C)CC/C=C(\C)CCC=C(C)C)c(OC(=O)CN(C)C)c1OC. The first-order valence-corrected chi connectivity index (χ1v) is 26.1. The zero-order chi connectivity index (χ0) is 51.7. The number of hydrogen-bond donors (Lipinski definition) is 1. The summed E-state index contributed by atoms with van der Waals surface area (Å²) in [4.78, 5) is 14.4. The van der Waals surface area contributed by atoms with Crippen LogP contribution in [0.15, 0.2) is 116 Å². The van der Waals surface area contributed by atoms with E-state index in [1.165, 1.54) is 82.8 Å². The maximum Gasteiger partial charge on any atom is 0.325 e. The van der Waals surface area contributed by atoms with Gasteiger partial charge in [0, 0.05) is 11.1 Å². The van der Waals surface area contributed by atoms with Gasteiger partial charge in [-0.25, -0.2) is 0 Å². The van der Waals surface area contributed by atoms with Crippen LogP contribution in [0.2, 0.25) is 0 Å². The monoisotopic (exact) mass is 950 g/mol. The number of benzene rings is 1. The van der Waals surface area contributed by atoms with Crippen LogP contribution in [0.5, 0.6) is 23.0 Å². The average Bonchev–Trinajstić information content (AvgIpc) is 3.26. The molecule has 69 heavy (non-hydrogen) atoms. The minimum absolute atomic E-state index is 0.0125. The number of carbonyl (C=O) groups is 1. The number of likely N-dealkylation sites (N-methyl/N-ethyl adjacent to an activating group) is 1. The minimum atomic E-state index is -0.412. The van der Waals surface area contributed by atoms with Crippen molar-refractivity contribution < 1.29 is 24.1 Å². The van der Waals surface area contributed by atoms with Crippen LogP contribution in [0.3, 0.4) is 0 Å². The molecular weight excluding hydrogens is 851 g/mol. The third kappa shape index (κ3) is 29.3. The molecule has 0 aromatic heterocycles. The molecule has 0 aliphatic rings. The number of phenolic OH excluding ortho intramolecular Hbond substituents is 1. The molecule has 0 unspecified atom stereocenters. The molecule has 6 heteroatoms. The van der Waals surface area contributed by atoms with E-state index in [1.807, 2.05) is 14.1 Å². The van der Waals surface area contributed by atoms with Crippen LogP contribution in [-0.2, 0) is 11.2 Å². The summed E-state index contributed by atoms with van der Waals surface area (Å²) in [7, 11) is 6.55. The molecule has 0 radical (unpaired) electrons. The van der Waals surface area contributed by atoms with E-state index in [0.717, 1.165) is 103 Å². The summed E-state index contributed by atoms with van der Waals surface area (Å²) >= 11 is 0. The van der Waals surface area contributed by atoms with Crippen LogP contribution >= 0.6 is 0 Å². The Morgan fingerprint density at radius 3 is 0.971 bits per heavy atom. The fraction of sp³-hybridized carbons (Fsp3) is 0.571. The Morgan fingerprint density at radius 1 is 0.435 bits per heavy atom. The van der Waals surface area contributed by atoms with Gasteiger partial charge in [-0.05, 0) is 219 Å². The maximum absolute atomic E-state index is 12.7. The Bertz CT molecular complexity index is 2040. The van der Waals surface area contributed by atoms with Crippen molar-refractivity contribution >= 4 is 5.97 Å². The van der Waals surface area contributed by atoms with E-state index in [0.29, 0.717) is 23.3 Å². The topological polar surface area (TPSA) is 68.2 Å². The summed E-state index contributed by atoms with van der Waals surface area (Å²) in [6.45, 7) is 26.6. The Balaban J connectivity index is 2.43. The number of aromatic hydroxyl groups is 1. The molecule has 0 spiro atoms. The van der Waals surface area contributed by atoms with Crippen molar-refractivity contribution in [3.63, 3.8) is 0 Å². The minimum Gasteiger partial charge on any atom is -0.504 e. The number of esters is 1. The first kappa shape index (κ1) is 62.5. The van der Waals surface area contributed by atoms with Gasteiger partial charge in [0.25, 0.3) is 0 Å². The Kier molecular flexibility index (Phi) is 33.0. The molecule has 0 fully saturated rings. The lowest BCUT2D eigenvalue weighted by Gasteiger charge is -2.20. The van der Waals surface area contributed by atoms with E-state index < -0.39 is 5.97 Å². The largest absolute Gasteiger partial charge is 0.504 e. The van der Waals surface area contributed by atoms with Gasteiger partial charge in [-0.1, -0.05) is 116 Å². The number of nitrogens with zero attached hydrogens (tertiary/aromatic N) is 1. The van der Waals surface area contributed by atoms with Crippen molar-refractivity contribution in [2.45, 2.75) is 205 Å². The van der Waals surface area contributed by atoms with Crippen LogP contribution in [0.25, 0.3) is 0 Å². The van der Waals surface area contributed by atoms with E-state index in [1.54, 1.807) is 11.8 Å². The third-order valence-corrected chi connectivity index (χ3v) is 12.8. The fourth-order valence-corrected chi connectivity index (χ4v) is 8.12. The van der Waals surface area contributed by atoms with Crippen LogP contribution in [0, 0.1) is 6.92 Å². The second-order valence-electron chi connectivity index (χ2n) is 20.3. The first-order chi connectivity index (χ1) is 32.8. The molecule has 0 bridgehead atoms. The lowest BCUT2D eigenvalue weighted by atomic mass is 9.99. The maximum atomic E-state index is 12.7. The van der Waals surface area contributed by atoms with Gasteiger partial charge in [0.05, 0.1) is 20.8 Å². The predicted octanol–water partition coefficient (Wildman–Crippen LogP) is 18.2. The first-order valence-electron chi connectivity index (χ1n) is 26.1. The number of carbonyl (C=O) groups excluding carboxylic acids is 1. The zero-order valence-corrected chi connectivity index (χ0v) is 46.9. The molecule has 0 saturated heterocycles. The van der Waals surface area contributed by atoms with Crippen LogP contribution in [0.4, 0.5) is 0 Å². The molecule has 0 heterocycles. The van der Waals surface area contributed by atoms with Gasteiger partial charge in [0.15, 0.2) is 11.5 Å². The molecule has 0 amide bonds. The highest BCUT2D eigenvalue weighted by Crippen LogP contribution is 2.49. The number of rotatable bonds is 34. The van der Waals surface area contributed by atoms with Gasteiger partial charge in [-0.2, -0.15) is 0 Å². The smallest absolute Gasteiger partial charge is 0.325 e. The molecule has 0 aliphatic heterocycles. The Hall–Kier alpha value is -4.55. The van der Waals surface area contributed by atoms with E-state index in [2.05, 4.69) is 137 Å². The van der Waals surface area contributed by atoms with Gasteiger partial charge in [0.1, 0.15) is 0 Å². The summed E-state index contributed by atoms with van der Waals surface area (Å²) in [6, 6.07) is 0. The van der Waals surface area contributed by atoms with Gasteiger partial charge in [-0.15, -0.1) is 0 Å². The highest BCUT2D eigenvalue weighted by atomic mass is 16.6. The molecule has 0 atom stereocenters. The van der Waals surface area contributed by atoms with Crippen LogP contribution in [0.1, 0.15) is 203 Å². The van der Waals surface area contributed by atoms with E-state index in [-0.39, 0.29) is 23.8 Å². The molecule has 6 nitrogen and oxygen atoms in total. The lowest BCUT2D eigenvalue weighted by molar-refractivity contribution is -0.135. The van der Waals surface area contributed by atoms with Gasteiger partial charge < -0.3 is 19.3 Å². The van der Waals surface area contributed by atoms with Crippen molar-refractivity contribution in [2.75, 3.05) is 34.9 Å². The summed E-state index contributed by atoms with van der Waals surface area (Å²) in [5.41, 5.74) is 15.9. The quantitative estimate of drug-likeness (QED) is 0.0422. The second-order valence-corrected chi connectivity index (χ2v) is 20.3. The standard InChI is InChI=1S/C63H99NO5/c1-47(2)26-17-27-48(3)28-18-29-49(4)30-19-31-50(5)32-20-33-51(6)34-21-35-52(7)36-22-37-53(8)38-23-39-54(9)40-24-41-55(10)42-25-43-56(11)44-45-58-57(12)60(66)62(67-15)63(68-16)61(58)69-59(65)46-64(13)14/h26,28,30,32,34,36,38,40,42,44,66H,17-25,27,29,31,33,35,37,39,41,43,45-46H2,1-16H3/b48-28+,49-30+,50-32+,51-34+,52-36+,53-38+,54-40+,55-42+,56-44+. The normalized spacial score (nSPS) is 14.0. The summed E-state index contributed by atoms with van der Waals surface area (Å²) < 4.78 is 16.8. The van der Waals surface area contributed by atoms with Gasteiger partial charge >= 0.3 is 5.97 Å². The molecule has 1 rings (SSSR count). The zero-order valence-electron chi connectivity index (χ0n) is 46.9. The van der Waals surface area contributed by atoms with Crippen molar-refractivity contribution in [3.05, 3.63) is 128 Å². The molecule has 386 valence electrons. The number of methoxy groups -OCH3 is 2. The van der Waals surface area contributed by atoms with Gasteiger partial charge in [-0.3, -0.25) is 9.69 Å². The molecule has 1 aromatic rings.